The van der Waals surface area contributed by atoms with Crippen molar-refractivity contribution in [2.45, 2.75) is 50.8 Å². The van der Waals surface area contributed by atoms with E-state index in [1.54, 1.807) is 25.2 Å². The third-order valence-electron chi connectivity index (χ3n) is 6.43. The number of benzene rings is 1. The van der Waals surface area contributed by atoms with Crippen molar-refractivity contribution in [1.82, 2.24) is 5.32 Å². The fourth-order valence-corrected chi connectivity index (χ4v) is 7.16. The number of sulfone groups is 1. The van der Waals surface area contributed by atoms with Crippen LogP contribution < -0.4 is 5.32 Å². The minimum atomic E-state index is -3.36. The van der Waals surface area contributed by atoms with Gasteiger partial charge in [-0.05, 0) is 86.9 Å². The third-order valence-corrected chi connectivity index (χ3v) is 10.2. The lowest BCUT2D eigenvalue weighted by Crippen LogP contribution is -2.66. The fraction of sp³-hybridized carbons (Fsp3) is 0.500. The highest BCUT2D eigenvalue weighted by atomic mass is 32.2. The van der Waals surface area contributed by atoms with Gasteiger partial charge in [0.05, 0.1) is 11.3 Å². The summed E-state index contributed by atoms with van der Waals surface area (Å²) >= 11 is 1.75. The molecule has 1 aromatic heterocycles. The first-order valence-corrected chi connectivity index (χ1v) is 12.1. The van der Waals surface area contributed by atoms with E-state index in [-0.39, 0.29) is 17.5 Å². The topological polar surface area (TPSA) is 70.0 Å². The number of nitrogens with one attached hydrogen (secondary N) is 2. The smallest absolute Gasteiger partial charge is 0.164 e. The van der Waals surface area contributed by atoms with Crippen LogP contribution in [0.1, 0.15) is 45.2 Å². The van der Waals surface area contributed by atoms with Gasteiger partial charge in [0.2, 0.25) is 0 Å². The second-order valence-corrected chi connectivity index (χ2v) is 12.3. The van der Waals surface area contributed by atoms with Gasteiger partial charge in [-0.2, -0.15) is 0 Å². The van der Waals surface area contributed by atoms with Crippen LogP contribution in [0.4, 0.5) is 0 Å². The van der Waals surface area contributed by atoms with Gasteiger partial charge in [-0.3, -0.25) is 5.41 Å². The van der Waals surface area contributed by atoms with Gasteiger partial charge in [0.15, 0.2) is 9.84 Å². The Bertz CT molecular complexity index is 1130. The maximum atomic E-state index is 12.8. The molecule has 0 bridgehead atoms. The van der Waals surface area contributed by atoms with E-state index in [0.717, 1.165) is 18.4 Å². The number of rotatable bonds is 3. The molecule has 1 aliphatic carbocycles. The summed E-state index contributed by atoms with van der Waals surface area (Å²) in [5.74, 6) is 7.01. The van der Waals surface area contributed by atoms with E-state index < -0.39 is 20.1 Å². The molecule has 2 N–H and O–H groups in total. The molecule has 1 saturated carbocycles. The van der Waals surface area contributed by atoms with E-state index >= 15 is 0 Å². The second kappa shape index (κ2) is 6.33. The fourth-order valence-electron chi connectivity index (χ4n) is 4.40. The van der Waals surface area contributed by atoms with Crippen LogP contribution in [-0.2, 0) is 16.3 Å². The lowest BCUT2D eigenvalue weighted by atomic mass is 9.93. The molecule has 148 valence electrons. The van der Waals surface area contributed by atoms with Crippen molar-refractivity contribution in [2.24, 2.45) is 11.8 Å². The molecule has 1 aliphatic heterocycles. The molecule has 2 aliphatic rings. The predicted molar refractivity (Wildman–Crippen MR) is 117 cm³/mol. The molecule has 4 rings (SSSR count). The van der Waals surface area contributed by atoms with Crippen molar-refractivity contribution >= 4 is 37.1 Å². The molecule has 1 aromatic carbocycles. The first kappa shape index (κ1) is 19.5. The SMILES string of the molecule is CC#Cc1ccc2scc(C[C@H]3C[C@H]3[C@]3(C)CS(=O)(=O)C(C)(C)C(=N)N3)c2c1. The number of amidine groups is 1. The first-order valence-electron chi connectivity index (χ1n) is 9.60. The molecule has 0 unspecified atom stereocenters. The summed E-state index contributed by atoms with van der Waals surface area (Å²) in [6.45, 7) is 7.06. The maximum absolute atomic E-state index is 12.8. The Morgan fingerprint density at radius 2 is 2.07 bits per heavy atom. The Morgan fingerprint density at radius 3 is 2.75 bits per heavy atom. The molecule has 2 aromatic rings. The molecule has 4 nitrogen and oxygen atoms in total. The molecule has 0 amide bonds. The average Bonchev–Trinajstić information content (AvgIpc) is 3.28. The molecule has 28 heavy (non-hydrogen) atoms. The molecule has 2 fully saturated rings. The zero-order valence-electron chi connectivity index (χ0n) is 16.7. The van der Waals surface area contributed by atoms with Gasteiger partial charge in [0.1, 0.15) is 10.6 Å². The highest BCUT2D eigenvalue weighted by Crippen LogP contribution is 2.51. The molecule has 0 spiro atoms. The van der Waals surface area contributed by atoms with Crippen LogP contribution in [0.5, 0.6) is 0 Å². The molecule has 0 radical (unpaired) electrons. The van der Waals surface area contributed by atoms with Crippen LogP contribution in [0.2, 0.25) is 0 Å². The van der Waals surface area contributed by atoms with E-state index in [4.69, 9.17) is 5.41 Å². The molecule has 3 atom stereocenters. The zero-order valence-corrected chi connectivity index (χ0v) is 18.4. The number of thiophene rings is 1. The predicted octanol–water partition coefficient (Wildman–Crippen LogP) is 3.98. The number of fused-ring (bicyclic) bond motifs is 1. The van der Waals surface area contributed by atoms with Crippen LogP contribution in [0.25, 0.3) is 10.1 Å². The number of hydrogen-bond acceptors (Lipinski definition) is 4. The normalized spacial score (nSPS) is 30.4. The molecule has 6 heteroatoms. The second-order valence-electron chi connectivity index (χ2n) is 8.84. The Labute approximate surface area is 171 Å². The molecular formula is C22H26N2O2S2. The van der Waals surface area contributed by atoms with E-state index in [9.17, 15) is 8.42 Å². The summed E-state index contributed by atoms with van der Waals surface area (Å²) in [7, 11) is -3.36. The number of hydrogen-bond donors (Lipinski definition) is 2. The Morgan fingerprint density at radius 1 is 1.32 bits per heavy atom. The highest BCUT2D eigenvalue weighted by molar-refractivity contribution is 7.93. The van der Waals surface area contributed by atoms with Gasteiger partial charge in [-0.1, -0.05) is 5.92 Å². The summed E-state index contributed by atoms with van der Waals surface area (Å²) < 4.78 is 25.7. The lowest BCUT2D eigenvalue weighted by Gasteiger charge is -2.43. The van der Waals surface area contributed by atoms with Crippen molar-refractivity contribution in [1.29, 1.82) is 5.41 Å². The summed E-state index contributed by atoms with van der Waals surface area (Å²) in [6.07, 6.45) is 1.94. The van der Waals surface area contributed by atoms with Crippen molar-refractivity contribution in [3.8, 4) is 11.8 Å². The van der Waals surface area contributed by atoms with Crippen molar-refractivity contribution in [3.63, 3.8) is 0 Å². The highest BCUT2D eigenvalue weighted by Gasteiger charge is 2.58. The largest absolute Gasteiger partial charge is 0.366 e. The van der Waals surface area contributed by atoms with Gasteiger partial charge in [-0.25, -0.2) is 8.42 Å². The molecule has 1 saturated heterocycles. The quantitative estimate of drug-likeness (QED) is 0.746. The van der Waals surface area contributed by atoms with E-state index in [2.05, 4.69) is 40.7 Å². The van der Waals surface area contributed by atoms with Crippen molar-refractivity contribution in [2.75, 3.05) is 5.75 Å². The summed E-state index contributed by atoms with van der Waals surface area (Å²) in [4.78, 5) is 0. The van der Waals surface area contributed by atoms with E-state index in [0.29, 0.717) is 5.92 Å². The van der Waals surface area contributed by atoms with Crippen LogP contribution in [0.15, 0.2) is 23.6 Å². The summed E-state index contributed by atoms with van der Waals surface area (Å²) in [6, 6.07) is 6.36. The van der Waals surface area contributed by atoms with Gasteiger partial charge in [0.25, 0.3) is 0 Å². The van der Waals surface area contributed by atoms with Crippen molar-refractivity contribution < 1.29 is 8.42 Å². The van der Waals surface area contributed by atoms with Crippen molar-refractivity contribution in [3.05, 3.63) is 34.7 Å². The summed E-state index contributed by atoms with van der Waals surface area (Å²) in [5.41, 5.74) is 1.80. The Kier molecular flexibility index (Phi) is 4.40. The maximum Gasteiger partial charge on any atom is 0.164 e. The van der Waals surface area contributed by atoms with Gasteiger partial charge < -0.3 is 5.32 Å². The van der Waals surface area contributed by atoms with E-state index in [1.165, 1.54) is 15.6 Å². The average molecular weight is 415 g/mol. The third kappa shape index (κ3) is 3.05. The van der Waals surface area contributed by atoms with Crippen LogP contribution in [-0.4, -0.2) is 30.3 Å². The first-order chi connectivity index (χ1) is 13.1. The Hall–Kier alpha value is -1.84. The zero-order chi connectivity index (χ0) is 20.3. The Balaban J connectivity index is 1.55. The summed E-state index contributed by atoms with van der Waals surface area (Å²) in [5, 5.41) is 15.0. The van der Waals surface area contributed by atoms with Crippen LogP contribution in [0, 0.1) is 29.1 Å². The van der Waals surface area contributed by atoms with E-state index in [1.807, 2.05) is 13.8 Å². The minimum Gasteiger partial charge on any atom is -0.366 e. The standard InChI is InChI=1S/C22H26N2O2S2/c1-5-6-14-7-8-19-17(9-14)16(12-27-19)10-15-11-18(15)22(4)13-28(25,26)21(2,3)20(23)24-22/h7-9,12,15,18H,10-11,13H2,1-4H3,(H2,23,24)/t15-,18+,22-/m0/s1. The minimum absolute atomic E-state index is 0.0944. The van der Waals surface area contributed by atoms with Crippen LogP contribution in [0.3, 0.4) is 0 Å². The molecular weight excluding hydrogens is 388 g/mol. The monoisotopic (exact) mass is 414 g/mol. The lowest BCUT2D eigenvalue weighted by molar-refractivity contribution is 0.360. The van der Waals surface area contributed by atoms with Gasteiger partial charge in [0, 0.05) is 10.3 Å². The van der Waals surface area contributed by atoms with Crippen LogP contribution >= 0.6 is 11.3 Å². The van der Waals surface area contributed by atoms with Gasteiger partial charge in [-0.15, -0.1) is 17.3 Å². The molecule has 2 heterocycles. The van der Waals surface area contributed by atoms with Gasteiger partial charge >= 0.3 is 0 Å².